The van der Waals surface area contributed by atoms with Crippen molar-refractivity contribution in [2.24, 2.45) is 5.92 Å². The molecule has 2 rings (SSSR count). The number of hydrogen-bond donors (Lipinski definition) is 1. The summed E-state index contributed by atoms with van der Waals surface area (Å²) in [6.07, 6.45) is 2.22. The van der Waals surface area contributed by atoms with Crippen LogP contribution in [0.4, 0.5) is 0 Å². The molecule has 1 aromatic carbocycles. The van der Waals surface area contributed by atoms with Crippen molar-refractivity contribution in [3.63, 3.8) is 0 Å². The van der Waals surface area contributed by atoms with Crippen LogP contribution in [0.15, 0.2) is 24.3 Å². The van der Waals surface area contributed by atoms with Crippen LogP contribution in [0, 0.1) is 5.92 Å². The molecule has 1 fully saturated rings. The minimum atomic E-state index is 0.505. The van der Waals surface area contributed by atoms with Gasteiger partial charge in [0.1, 0.15) is 5.75 Å². The van der Waals surface area contributed by atoms with Crippen molar-refractivity contribution in [3.8, 4) is 5.75 Å². The number of nitrogens with one attached hydrogen (secondary N) is 1. The standard InChI is InChI=1S/C14H21NO2/c1-15-14(12-7-8-17-10-12)9-11-3-5-13(16-2)6-4-11/h3-6,12,14-15H,7-10H2,1-2H3. The Morgan fingerprint density at radius 3 is 2.71 bits per heavy atom. The van der Waals surface area contributed by atoms with E-state index in [0.29, 0.717) is 12.0 Å². The topological polar surface area (TPSA) is 30.5 Å². The highest BCUT2D eigenvalue weighted by Gasteiger charge is 2.24. The zero-order valence-electron chi connectivity index (χ0n) is 10.6. The molecular formula is C14H21NO2. The van der Waals surface area contributed by atoms with E-state index in [4.69, 9.17) is 9.47 Å². The van der Waals surface area contributed by atoms with Crippen LogP contribution in [0.5, 0.6) is 5.75 Å². The summed E-state index contributed by atoms with van der Waals surface area (Å²) in [5, 5.41) is 3.41. The zero-order valence-corrected chi connectivity index (χ0v) is 10.6. The highest BCUT2D eigenvalue weighted by Crippen LogP contribution is 2.20. The summed E-state index contributed by atoms with van der Waals surface area (Å²) in [6, 6.07) is 8.82. The van der Waals surface area contributed by atoms with Crippen LogP contribution in [0.3, 0.4) is 0 Å². The maximum Gasteiger partial charge on any atom is 0.118 e. The number of hydrogen-bond acceptors (Lipinski definition) is 3. The molecule has 1 saturated heterocycles. The van der Waals surface area contributed by atoms with Crippen LogP contribution in [0.1, 0.15) is 12.0 Å². The average Bonchev–Trinajstić information content (AvgIpc) is 2.90. The van der Waals surface area contributed by atoms with E-state index < -0.39 is 0 Å². The van der Waals surface area contributed by atoms with Gasteiger partial charge in [-0.05, 0) is 37.6 Å². The Balaban J connectivity index is 1.96. The maximum atomic E-state index is 5.45. The first-order chi connectivity index (χ1) is 8.33. The fourth-order valence-electron chi connectivity index (χ4n) is 2.39. The number of ether oxygens (including phenoxy) is 2. The molecule has 1 heterocycles. The molecule has 1 aliphatic rings. The SMILES string of the molecule is CNC(Cc1ccc(OC)cc1)C1CCOC1. The second-order valence-electron chi connectivity index (χ2n) is 4.57. The molecule has 2 unspecified atom stereocenters. The molecule has 1 N–H and O–H groups in total. The lowest BCUT2D eigenvalue weighted by Gasteiger charge is -2.21. The Hall–Kier alpha value is -1.06. The highest BCUT2D eigenvalue weighted by atomic mass is 16.5. The quantitative estimate of drug-likeness (QED) is 0.845. The zero-order chi connectivity index (χ0) is 12.1. The first-order valence-corrected chi connectivity index (χ1v) is 6.21. The van der Waals surface area contributed by atoms with Gasteiger partial charge in [0.15, 0.2) is 0 Å². The maximum absolute atomic E-state index is 5.45. The molecule has 1 aliphatic heterocycles. The summed E-state index contributed by atoms with van der Waals surface area (Å²) in [5.41, 5.74) is 1.34. The predicted octanol–water partition coefficient (Wildman–Crippen LogP) is 1.86. The molecular weight excluding hydrogens is 214 g/mol. The minimum absolute atomic E-state index is 0.505. The van der Waals surface area contributed by atoms with E-state index in [1.165, 1.54) is 12.0 Å². The second-order valence-corrected chi connectivity index (χ2v) is 4.57. The predicted molar refractivity (Wildman–Crippen MR) is 68.5 cm³/mol. The number of benzene rings is 1. The molecule has 0 spiro atoms. The van der Waals surface area contributed by atoms with Crippen LogP contribution in [-0.4, -0.2) is 33.4 Å². The van der Waals surface area contributed by atoms with Gasteiger partial charge in [-0.3, -0.25) is 0 Å². The number of rotatable bonds is 5. The summed E-state index contributed by atoms with van der Waals surface area (Å²) in [5.74, 6) is 1.56. The normalized spacial score (nSPS) is 21.4. The van der Waals surface area contributed by atoms with Gasteiger partial charge < -0.3 is 14.8 Å². The Labute approximate surface area is 103 Å². The molecule has 0 aromatic heterocycles. The lowest BCUT2D eigenvalue weighted by atomic mass is 9.93. The van der Waals surface area contributed by atoms with Gasteiger partial charge in [0.05, 0.1) is 13.7 Å². The summed E-state index contributed by atoms with van der Waals surface area (Å²) < 4.78 is 10.6. The van der Waals surface area contributed by atoms with Crippen LogP contribution < -0.4 is 10.1 Å². The third-order valence-corrected chi connectivity index (χ3v) is 3.52. The first-order valence-electron chi connectivity index (χ1n) is 6.21. The van der Waals surface area contributed by atoms with E-state index in [0.717, 1.165) is 25.4 Å². The molecule has 0 amide bonds. The third kappa shape index (κ3) is 3.20. The molecule has 17 heavy (non-hydrogen) atoms. The van der Waals surface area contributed by atoms with E-state index in [-0.39, 0.29) is 0 Å². The summed E-state index contributed by atoms with van der Waals surface area (Å²) in [4.78, 5) is 0. The molecule has 0 aliphatic carbocycles. The molecule has 3 nitrogen and oxygen atoms in total. The lowest BCUT2D eigenvalue weighted by molar-refractivity contribution is 0.177. The Morgan fingerprint density at radius 1 is 1.41 bits per heavy atom. The van der Waals surface area contributed by atoms with Gasteiger partial charge >= 0.3 is 0 Å². The molecule has 0 saturated carbocycles. The van der Waals surface area contributed by atoms with Crippen molar-refractivity contribution in [2.45, 2.75) is 18.9 Å². The average molecular weight is 235 g/mol. The van der Waals surface area contributed by atoms with Crippen molar-refractivity contribution in [1.82, 2.24) is 5.32 Å². The van der Waals surface area contributed by atoms with Crippen LogP contribution in [0.25, 0.3) is 0 Å². The smallest absolute Gasteiger partial charge is 0.118 e. The van der Waals surface area contributed by atoms with Gasteiger partial charge in [-0.25, -0.2) is 0 Å². The minimum Gasteiger partial charge on any atom is -0.497 e. The fraction of sp³-hybridized carbons (Fsp3) is 0.571. The van der Waals surface area contributed by atoms with Crippen molar-refractivity contribution in [2.75, 3.05) is 27.4 Å². The highest BCUT2D eigenvalue weighted by molar-refractivity contribution is 5.27. The van der Waals surface area contributed by atoms with Gasteiger partial charge in [0, 0.05) is 18.6 Å². The second kappa shape index (κ2) is 6.03. The van der Waals surface area contributed by atoms with Crippen LogP contribution in [0.2, 0.25) is 0 Å². The van der Waals surface area contributed by atoms with Crippen LogP contribution >= 0.6 is 0 Å². The van der Waals surface area contributed by atoms with E-state index in [1.54, 1.807) is 7.11 Å². The Bertz CT molecular complexity index is 331. The fourth-order valence-corrected chi connectivity index (χ4v) is 2.39. The van der Waals surface area contributed by atoms with Gasteiger partial charge in [-0.1, -0.05) is 12.1 Å². The Morgan fingerprint density at radius 2 is 2.18 bits per heavy atom. The van der Waals surface area contributed by atoms with Crippen molar-refractivity contribution in [3.05, 3.63) is 29.8 Å². The van der Waals surface area contributed by atoms with Gasteiger partial charge in [-0.15, -0.1) is 0 Å². The molecule has 1 aromatic rings. The van der Waals surface area contributed by atoms with E-state index in [9.17, 15) is 0 Å². The molecule has 94 valence electrons. The van der Waals surface area contributed by atoms with Crippen molar-refractivity contribution < 1.29 is 9.47 Å². The molecule has 0 bridgehead atoms. The summed E-state index contributed by atoms with van der Waals surface area (Å²) in [7, 11) is 3.73. The molecule has 2 atom stereocenters. The monoisotopic (exact) mass is 235 g/mol. The van der Waals surface area contributed by atoms with E-state index >= 15 is 0 Å². The first kappa shape index (κ1) is 12.4. The van der Waals surface area contributed by atoms with Gasteiger partial charge in [0.25, 0.3) is 0 Å². The molecule has 3 heteroatoms. The van der Waals surface area contributed by atoms with Gasteiger partial charge in [0.2, 0.25) is 0 Å². The van der Waals surface area contributed by atoms with Crippen molar-refractivity contribution in [1.29, 1.82) is 0 Å². The van der Waals surface area contributed by atoms with E-state index in [1.807, 2.05) is 19.2 Å². The Kier molecular flexibility index (Phi) is 4.40. The number of methoxy groups -OCH3 is 1. The van der Waals surface area contributed by atoms with Crippen molar-refractivity contribution >= 4 is 0 Å². The van der Waals surface area contributed by atoms with Gasteiger partial charge in [-0.2, -0.15) is 0 Å². The lowest BCUT2D eigenvalue weighted by Crippen LogP contribution is -2.35. The summed E-state index contributed by atoms with van der Waals surface area (Å²) in [6.45, 7) is 1.80. The number of likely N-dealkylation sites (N-methyl/N-ethyl adjacent to an activating group) is 1. The van der Waals surface area contributed by atoms with Crippen LogP contribution in [-0.2, 0) is 11.2 Å². The third-order valence-electron chi connectivity index (χ3n) is 3.52. The van der Waals surface area contributed by atoms with E-state index in [2.05, 4.69) is 17.4 Å². The largest absolute Gasteiger partial charge is 0.497 e. The summed E-state index contributed by atoms with van der Waals surface area (Å²) >= 11 is 0. The molecule has 0 radical (unpaired) electrons.